The Bertz CT molecular complexity index is 170. The van der Waals surface area contributed by atoms with Crippen molar-refractivity contribution in [2.45, 2.75) is 77.4 Å². The van der Waals surface area contributed by atoms with Gasteiger partial charge in [-0.25, -0.2) is 0 Å². The van der Waals surface area contributed by atoms with E-state index >= 15 is 0 Å². The number of hydrogen-bond acceptors (Lipinski definition) is 2. The molecule has 0 amide bonds. The first-order valence-electron chi connectivity index (χ1n) is 7.10. The Morgan fingerprint density at radius 3 is 2.35 bits per heavy atom. The lowest BCUT2D eigenvalue weighted by molar-refractivity contribution is 0.0793. The molecule has 0 aromatic carbocycles. The van der Waals surface area contributed by atoms with Gasteiger partial charge in [-0.15, -0.1) is 6.58 Å². The van der Waals surface area contributed by atoms with Crippen LogP contribution in [0.2, 0.25) is 0 Å². The summed E-state index contributed by atoms with van der Waals surface area (Å²) in [6, 6.07) is 0. The molecule has 0 saturated heterocycles. The second-order valence-electron chi connectivity index (χ2n) is 5.13. The Balaban J connectivity index is 0.000000302. The monoisotopic (exact) mass is 242 g/mol. The number of hydrogen-bond donors (Lipinski definition) is 2. The maximum atomic E-state index is 9.18. The fourth-order valence-electron chi connectivity index (χ4n) is 2.02. The van der Waals surface area contributed by atoms with Crippen molar-refractivity contribution in [2.24, 2.45) is 5.92 Å². The molecule has 0 bridgehead atoms. The van der Waals surface area contributed by atoms with Crippen molar-refractivity contribution >= 4 is 0 Å². The van der Waals surface area contributed by atoms with Crippen LogP contribution >= 0.6 is 0 Å². The van der Waals surface area contributed by atoms with Gasteiger partial charge in [-0.1, -0.05) is 52.0 Å². The first kappa shape index (κ1) is 16.7. The number of aliphatic hydroxyl groups is 2. The van der Waals surface area contributed by atoms with E-state index in [0.717, 1.165) is 19.3 Å². The Morgan fingerprint density at radius 2 is 1.94 bits per heavy atom. The number of aliphatic hydroxyl groups excluding tert-OH is 2. The van der Waals surface area contributed by atoms with Gasteiger partial charge in [-0.3, -0.25) is 0 Å². The third-order valence-corrected chi connectivity index (χ3v) is 3.44. The molecule has 0 spiro atoms. The van der Waals surface area contributed by atoms with Crippen LogP contribution in [0.3, 0.4) is 0 Å². The molecule has 0 aromatic heterocycles. The van der Waals surface area contributed by atoms with E-state index in [2.05, 4.69) is 20.4 Å². The minimum atomic E-state index is -0.281. The first-order valence-corrected chi connectivity index (χ1v) is 7.10. The molecule has 2 nitrogen and oxygen atoms in total. The largest absolute Gasteiger partial charge is 0.393 e. The SMILES string of the molecule is C=CC(O)CCCCC.CC1CCCCC1O. The predicted octanol–water partition coefficient (Wildman–Crippen LogP) is 3.67. The van der Waals surface area contributed by atoms with Crippen LogP contribution in [-0.2, 0) is 0 Å². The summed E-state index contributed by atoms with van der Waals surface area (Å²) in [5.41, 5.74) is 0. The van der Waals surface area contributed by atoms with Gasteiger partial charge in [-0.05, 0) is 25.2 Å². The smallest absolute Gasteiger partial charge is 0.0718 e. The van der Waals surface area contributed by atoms with Crippen molar-refractivity contribution < 1.29 is 10.2 Å². The van der Waals surface area contributed by atoms with Crippen LogP contribution in [0.25, 0.3) is 0 Å². The van der Waals surface area contributed by atoms with Crippen LogP contribution in [0.1, 0.15) is 65.2 Å². The summed E-state index contributed by atoms with van der Waals surface area (Å²) in [6.45, 7) is 7.77. The molecule has 1 saturated carbocycles. The van der Waals surface area contributed by atoms with Crippen LogP contribution in [0.5, 0.6) is 0 Å². The Labute approximate surface area is 107 Å². The molecule has 1 aliphatic rings. The van der Waals surface area contributed by atoms with E-state index < -0.39 is 0 Å². The van der Waals surface area contributed by atoms with Crippen LogP contribution < -0.4 is 0 Å². The highest BCUT2D eigenvalue weighted by molar-refractivity contribution is 4.77. The number of rotatable bonds is 5. The molecular formula is C15H30O2. The predicted molar refractivity (Wildman–Crippen MR) is 74.0 cm³/mol. The van der Waals surface area contributed by atoms with Gasteiger partial charge in [0.05, 0.1) is 12.2 Å². The molecule has 1 aliphatic carbocycles. The van der Waals surface area contributed by atoms with E-state index in [1.165, 1.54) is 32.1 Å². The zero-order valence-electron chi connectivity index (χ0n) is 11.6. The molecule has 1 rings (SSSR count). The molecule has 2 N–H and O–H groups in total. The average molecular weight is 242 g/mol. The van der Waals surface area contributed by atoms with Crippen LogP contribution in [0.4, 0.5) is 0 Å². The van der Waals surface area contributed by atoms with Gasteiger partial charge in [0.25, 0.3) is 0 Å². The summed E-state index contributed by atoms with van der Waals surface area (Å²) < 4.78 is 0. The Kier molecular flexibility index (Phi) is 10.6. The van der Waals surface area contributed by atoms with Crippen molar-refractivity contribution in [2.75, 3.05) is 0 Å². The van der Waals surface area contributed by atoms with Crippen LogP contribution in [0.15, 0.2) is 12.7 Å². The fourth-order valence-corrected chi connectivity index (χ4v) is 2.02. The Morgan fingerprint density at radius 1 is 1.29 bits per heavy atom. The summed E-state index contributed by atoms with van der Waals surface area (Å²) in [5.74, 6) is 0.559. The molecule has 0 radical (unpaired) electrons. The third-order valence-electron chi connectivity index (χ3n) is 3.44. The Hall–Kier alpha value is -0.340. The lowest BCUT2D eigenvalue weighted by Crippen LogP contribution is -2.21. The van der Waals surface area contributed by atoms with Gasteiger partial charge in [0.1, 0.15) is 0 Å². The highest BCUT2D eigenvalue weighted by atomic mass is 16.3. The molecule has 17 heavy (non-hydrogen) atoms. The quantitative estimate of drug-likeness (QED) is 0.570. The van der Waals surface area contributed by atoms with E-state index in [4.69, 9.17) is 5.11 Å². The summed E-state index contributed by atoms with van der Waals surface area (Å²) >= 11 is 0. The van der Waals surface area contributed by atoms with Crippen LogP contribution in [0, 0.1) is 5.92 Å². The lowest BCUT2D eigenvalue weighted by atomic mass is 9.88. The van der Waals surface area contributed by atoms with Crippen LogP contribution in [-0.4, -0.2) is 22.4 Å². The average Bonchev–Trinajstić information content (AvgIpc) is 2.34. The zero-order chi connectivity index (χ0) is 13.1. The molecule has 0 aliphatic heterocycles. The van der Waals surface area contributed by atoms with E-state index in [-0.39, 0.29) is 12.2 Å². The maximum Gasteiger partial charge on any atom is 0.0718 e. The first-order chi connectivity index (χ1) is 8.11. The number of unbranched alkanes of at least 4 members (excludes halogenated alkanes) is 2. The van der Waals surface area contributed by atoms with Gasteiger partial charge < -0.3 is 10.2 Å². The summed E-state index contributed by atoms with van der Waals surface area (Å²) in [6.07, 6.45) is 10.5. The van der Waals surface area contributed by atoms with Crippen molar-refractivity contribution in [3.63, 3.8) is 0 Å². The highest BCUT2D eigenvalue weighted by Crippen LogP contribution is 2.22. The molecule has 0 aromatic rings. The van der Waals surface area contributed by atoms with E-state index in [9.17, 15) is 5.11 Å². The summed E-state index contributed by atoms with van der Waals surface area (Å²) in [4.78, 5) is 0. The minimum absolute atomic E-state index is 0.00347. The van der Waals surface area contributed by atoms with Crippen molar-refractivity contribution in [1.82, 2.24) is 0 Å². The van der Waals surface area contributed by atoms with Gasteiger partial charge in [-0.2, -0.15) is 0 Å². The van der Waals surface area contributed by atoms with Crippen molar-refractivity contribution in [1.29, 1.82) is 0 Å². The topological polar surface area (TPSA) is 40.5 Å². The summed E-state index contributed by atoms with van der Waals surface area (Å²) in [5, 5.41) is 18.1. The second kappa shape index (κ2) is 10.8. The molecule has 2 heteroatoms. The maximum absolute atomic E-state index is 9.18. The molecule has 1 fully saturated rings. The van der Waals surface area contributed by atoms with Crippen molar-refractivity contribution in [3.05, 3.63) is 12.7 Å². The van der Waals surface area contributed by atoms with Gasteiger partial charge >= 0.3 is 0 Å². The standard InChI is InChI=1S/C8H16O.C7H14O/c1-3-5-6-7-8(9)4-2;1-6-4-2-3-5-7(6)8/h4,8-9H,2-3,5-7H2,1H3;6-8H,2-5H2,1H3. The highest BCUT2D eigenvalue weighted by Gasteiger charge is 2.17. The molecular weight excluding hydrogens is 212 g/mol. The minimum Gasteiger partial charge on any atom is -0.393 e. The second-order valence-corrected chi connectivity index (χ2v) is 5.13. The van der Waals surface area contributed by atoms with E-state index in [1.54, 1.807) is 6.08 Å². The molecule has 102 valence electrons. The van der Waals surface area contributed by atoms with Gasteiger partial charge in [0.15, 0.2) is 0 Å². The molecule has 3 atom stereocenters. The van der Waals surface area contributed by atoms with Crippen molar-refractivity contribution in [3.8, 4) is 0 Å². The molecule has 3 unspecified atom stereocenters. The zero-order valence-corrected chi connectivity index (χ0v) is 11.6. The third kappa shape index (κ3) is 9.37. The van der Waals surface area contributed by atoms with Gasteiger partial charge in [0.2, 0.25) is 0 Å². The van der Waals surface area contributed by atoms with E-state index in [0.29, 0.717) is 5.92 Å². The lowest BCUT2D eigenvalue weighted by Gasteiger charge is -2.23. The van der Waals surface area contributed by atoms with E-state index in [1.807, 2.05) is 0 Å². The van der Waals surface area contributed by atoms with Gasteiger partial charge in [0, 0.05) is 0 Å². The fraction of sp³-hybridized carbons (Fsp3) is 0.867. The normalized spacial score (nSPS) is 25.6. The summed E-state index contributed by atoms with van der Waals surface area (Å²) in [7, 11) is 0. The molecule has 0 heterocycles.